The smallest absolute Gasteiger partial charge is 0.261 e. The van der Waals surface area contributed by atoms with Crippen LogP contribution in [-0.4, -0.2) is 38.2 Å². The predicted molar refractivity (Wildman–Crippen MR) is 98.4 cm³/mol. The van der Waals surface area contributed by atoms with Gasteiger partial charge in [-0.2, -0.15) is 0 Å². The van der Waals surface area contributed by atoms with Crippen molar-refractivity contribution < 1.29 is 23.4 Å². The number of amides is 1. The summed E-state index contributed by atoms with van der Waals surface area (Å²) < 4.78 is 21.3. The molecule has 7 heteroatoms. The highest BCUT2D eigenvalue weighted by Crippen LogP contribution is 2.38. The first kappa shape index (κ1) is 18.8. The number of methoxy groups -OCH3 is 2. The van der Waals surface area contributed by atoms with E-state index in [1.54, 1.807) is 26.0 Å². The number of nitrogens with zero attached hydrogens (tertiary/aromatic N) is 1. The lowest BCUT2D eigenvalue weighted by Crippen LogP contribution is -2.35. The standard InChI is InChI=1S/C20H23NO6/c1-13-9-17(22)19(11-26-13)27-12-20(23)21-8-4-5-16(21)15-7-6-14(24-2)10-18(15)25-3/h6-7,9-11,16H,4-5,8,12H2,1-3H3. The number of carbonyl (C=O) groups is 1. The van der Waals surface area contributed by atoms with Gasteiger partial charge in [-0.05, 0) is 31.9 Å². The van der Waals surface area contributed by atoms with E-state index in [1.165, 1.54) is 12.3 Å². The topological polar surface area (TPSA) is 78.2 Å². The van der Waals surface area contributed by atoms with Crippen LogP contribution in [-0.2, 0) is 4.79 Å². The van der Waals surface area contributed by atoms with Crippen LogP contribution in [0.3, 0.4) is 0 Å². The van der Waals surface area contributed by atoms with E-state index in [1.807, 2.05) is 18.2 Å². The van der Waals surface area contributed by atoms with Gasteiger partial charge in [-0.3, -0.25) is 9.59 Å². The molecule has 144 valence electrons. The van der Waals surface area contributed by atoms with Gasteiger partial charge >= 0.3 is 0 Å². The third kappa shape index (κ3) is 4.07. The summed E-state index contributed by atoms with van der Waals surface area (Å²) in [5.74, 6) is 1.71. The van der Waals surface area contributed by atoms with Crippen molar-refractivity contribution >= 4 is 5.91 Å². The van der Waals surface area contributed by atoms with Gasteiger partial charge in [0.2, 0.25) is 11.2 Å². The molecule has 1 aliphatic rings. The molecule has 2 aromatic rings. The molecule has 7 nitrogen and oxygen atoms in total. The first-order valence-electron chi connectivity index (χ1n) is 8.77. The third-order valence-corrected chi connectivity index (χ3v) is 4.65. The molecule has 1 fully saturated rings. The van der Waals surface area contributed by atoms with E-state index < -0.39 is 0 Å². The summed E-state index contributed by atoms with van der Waals surface area (Å²) >= 11 is 0. The van der Waals surface area contributed by atoms with Crippen molar-refractivity contribution in [1.29, 1.82) is 0 Å². The van der Waals surface area contributed by atoms with Gasteiger partial charge in [-0.1, -0.05) is 0 Å². The fourth-order valence-corrected chi connectivity index (χ4v) is 3.30. The largest absolute Gasteiger partial charge is 0.497 e. The van der Waals surface area contributed by atoms with Crippen molar-refractivity contribution in [3.8, 4) is 17.2 Å². The maximum absolute atomic E-state index is 12.7. The van der Waals surface area contributed by atoms with E-state index in [0.29, 0.717) is 23.8 Å². The van der Waals surface area contributed by atoms with E-state index in [0.717, 1.165) is 18.4 Å². The summed E-state index contributed by atoms with van der Waals surface area (Å²) in [4.78, 5) is 26.3. The van der Waals surface area contributed by atoms with Crippen molar-refractivity contribution in [2.75, 3.05) is 27.4 Å². The number of benzene rings is 1. The lowest BCUT2D eigenvalue weighted by atomic mass is 10.0. The van der Waals surface area contributed by atoms with Gasteiger partial charge in [0.1, 0.15) is 23.5 Å². The van der Waals surface area contributed by atoms with Gasteiger partial charge < -0.3 is 23.5 Å². The minimum absolute atomic E-state index is 0.0340. The molecule has 1 aromatic carbocycles. The Bertz CT molecular complexity index is 875. The fourth-order valence-electron chi connectivity index (χ4n) is 3.30. The number of aryl methyl sites for hydroxylation is 1. The summed E-state index contributed by atoms with van der Waals surface area (Å²) in [6.07, 6.45) is 2.96. The molecular weight excluding hydrogens is 350 g/mol. The number of hydrogen-bond donors (Lipinski definition) is 0. The summed E-state index contributed by atoms with van der Waals surface area (Å²) in [6.45, 7) is 2.08. The maximum atomic E-state index is 12.7. The minimum atomic E-state index is -0.304. The Morgan fingerprint density at radius 3 is 2.74 bits per heavy atom. The molecule has 1 unspecified atom stereocenters. The molecular formula is C20H23NO6. The molecule has 0 aliphatic carbocycles. The second-order valence-corrected chi connectivity index (χ2v) is 6.36. The molecule has 27 heavy (non-hydrogen) atoms. The molecule has 1 atom stereocenters. The molecule has 0 spiro atoms. The van der Waals surface area contributed by atoms with Crippen LogP contribution in [0.4, 0.5) is 0 Å². The Labute approximate surface area is 157 Å². The molecule has 1 saturated heterocycles. The van der Waals surface area contributed by atoms with E-state index in [9.17, 15) is 9.59 Å². The highest BCUT2D eigenvalue weighted by atomic mass is 16.5. The lowest BCUT2D eigenvalue weighted by Gasteiger charge is -2.26. The van der Waals surface area contributed by atoms with Crippen LogP contribution in [0.5, 0.6) is 17.2 Å². The molecule has 0 N–H and O–H groups in total. The molecule has 2 heterocycles. The number of likely N-dealkylation sites (tertiary alicyclic amines) is 1. The van der Waals surface area contributed by atoms with Crippen LogP contribution in [0.25, 0.3) is 0 Å². The normalized spacial score (nSPS) is 16.3. The van der Waals surface area contributed by atoms with Crippen LogP contribution < -0.4 is 19.6 Å². The van der Waals surface area contributed by atoms with Crippen LogP contribution >= 0.6 is 0 Å². The van der Waals surface area contributed by atoms with Crippen LogP contribution in [0.1, 0.15) is 30.2 Å². The van der Waals surface area contributed by atoms with Crippen molar-refractivity contribution in [3.05, 3.63) is 52.1 Å². The SMILES string of the molecule is COc1ccc(C2CCCN2C(=O)COc2coc(C)cc2=O)c(OC)c1. The summed E-state index contributed by atoms with van der Waals surface area (Å²) in [6, 6.07) is 6.82. The molecule has 0 radical (unpaired) electrons. The van der Waals surface area contributed by atoms with Crippen LogP contribution in [0.15, 0.2) is 39.7 Å². The van der Waals surface area contributed by atoms with Gasteiger partial charge in [-0.15, -0.1) is 0 Å². The Kier molecular flexibility index (Phi) is 5.69. The summed E-state index contributed by atoms with van der Waals surface area (Å²) in [5, 5.41) is 0. The zero-order chi connectivity index (χ0) is 19.4. The Balaban J connectivity index is 1.74. The number of hydrogen-bond acceptors (Lipinski definition) is 6. The van der Waals surface area contributed by atoms with Gasteiger partial charge in [0.05, 0.1) is 20.3 Å². The first-order chi connectivity index (χ1) is 13.0. The van der Waals surface area contributed by atoms with E-state index >= 15 is 0 Å². The summed E-state index contributed by atoms with van der Waals surface area (Å²) in [5.41, 5.74) is 0.625. The van der Waals surface area contributed by atoms with Gasteiger partial charge in [-0.25, -0.2) is 0 Å². The zero-order valence-electron chi connectivity index (χ0n) is 15.7. The summed E-state index contributed by atoms with van der Waals surface area (Å²) in [7, 11) is 3.19. The third-order valence-electron chi connectivity index (χ3n) is 4.65. The fraction of sp³-hybridized carbons (Fsp3) is 0.400. The average molecular weight is 373 g/mol. The van der Waals surface area contributed by atoms with Crippen molar-refractivity contribution in [1.82, 2.24) is 4.90 Å². The zero-order valence-corrected chi connectivity index (χ0v) is 15.7. The van der Waals surface area contributed by atoms with E-state index in [4.69, 9.17) is 18.6 Å². The molecule has 1 aromatic heterocycles. The number of carbonyl (C=O) groups excluding carboxylic acids is 1. The van der Waals surface area contributed by atoms with Crippen LogP contribution in [0.2, 0.25) is 0 Å². The average Bonchev–Trinajstić information content (AvgIpc) is 3.16. The van der Waals surface area contributed by atoms with Gasteiger partial charge in [0, 0.05) is 24.2 Å². The first-order valence-corrected chi connectivity index (χ1v) is 8.77. The van der Waals surface area contributed by atoms with Crippen molar-refractivity contribution in [2.24, 2.45) is 0 Å². The Hall–Kier alpha value is -2.96. The molecule has 1 amide bonds. The highest BCUT2D eigenvalue weighted by molar-refractivity contribution is 5.78. The monoisotopic (exact) mass is 373 g/mol. The molecule has 0 bridgehead atoms. The molecule has 1 aliphatic heterocycles. The van der Waals surface area contributed by atoms with Crippen molar-refractivity contribution in [2.45, 2.75) is 25.8 Å². The second kappa shape index (κ2) is 8.16. The van der Waals surface area contributed by atoms with Gasteiger partial charge in [0.25, 0.3) is 5.91 Å². The molecule has 3 rings (SSSR count). The van der Waals surface area contributed by atoms with Crippen LogP contribution in [0, 0.1) is 6.92 Å². The minimum Gasteiger partial charge on any atom is -0.497 e. The van der Waals surface area contributed by atoms with E-state index in [-0.39, 0.29) is 29.7 Å². The highest BCUT2D eigenvalue weighted by Gasteiger charge is 2.32. The lowest BCUT2D eigenvalue weighted by molar-refractivity contribution is -0.134. The Morgan fingerprint density at radius 1 is 1.22 bits per heavy atom. The Morgan fingerprint density at radius 2 is 2.04 bits per heavy atom. The molecule has 0 saturated carbocycles. The number of ether oxygens (including phenoxy) is 3. The van der Waals surface area contributed by atoms with Gasteiger partial charge in [0.15, 0.2) is 6.61 Å². The maximum Gasteiger partial charge on any atom is 0.261 e. The van der Waals surface area contributed by atoms with Crippen molar-refractivity contribution in [3.63, 3.8) is 0 Å². The predicted octanol–water partition coefficient (Wildman–Crippen LogP) is 2.71. The second-order valence-electron chi connectivity index (χ2n) is 6.36. The van der Waals surface area contributed by atoms with E-state index in [2.05, 4.69) is 0 Å². The number of rotatable bonds is 6. The quantitative estimate of drug-likeness (QED) is 0.775.